The second-order valence-corrected chi connectivity index (χ2v) is 4.49. The van der Waals surface area contributed by atoms with E-state index < -0.39 is 11.7 Å². The van der Waals surface area contributed by atoms with Crippen molar-refractivity contribution in [2.45, 2.75) is 39.4 Å². The number of nitrogens with zero attached hydrogens (tertiary/aromatic N) is 2. The molecule has 1 heterocycles. The maximum absolute atomic E-state index is 12.6. The zero-order valence-corrected chi connectivity index (χ0v) is 10.5. The summed E-state index contributed by atoms with van der Waals surface area (Å²) in [6.07, 6.45) is -3.41. The summed E-state index contributed by atoms with van der Waals surface area (Å²) >= 11 is 0. The van der Waals surface area contributed by atoms with Crippen LogP contribution in [0.15, 0.2) is 18.2 Å². The third-order valence-electron chi connectivity index (χ3n) is 3.22. The third-order valence-corrected chi connectivity index (χ3v) is 3.22. The number of alkyl halides is 3. The Morgan fingerprint density at radius 2 is 2.00 bits per heavy atom. The third kappa shape index (κ3) is 2.09. The van der Waals surface area contributed by atoms with E-state index in [1.54, 1.807) is 0 Å². The fourth-order valence-corrected chi connectivity index (χ4v) is 2.13. The molecule has 0 aliphatic rings. The quantitative estimate of drug-likeness (QED) is 0.781. The average molecular weight is 256 g/mol. The Morgan fingerprint density at radius 1 is 1.33 bits per heavy atom. The molecule has 2 aromatic rings. The predicted octanol–water partition coefficient (Wildman–Crippen LogP) is 4.33. The summed E-state index contributed by atoms with van der Waals surface area (Å²) in [6.45, 7) is 5.89. The van der Waals surface area contributed by atoms with Crippen LogP contribution in [-0.4, -0.2) is 9.55 Å². The van der Waals surface area contributed by atoms with E-state index in [1.807, 2.05) is 25.3 Å². The van der Waals surface area contributed by atoms with Gasteiger partial charge in [-0.15, -0.1) is 0 Å². The monoisotopic (exact) mass is 256 g/mol. The molecule has 0 N–H and O–H groups in total. The lowest BCUT2D eigenvalue weighted by Crippen LogP contribution is -2.06. The minimum Gasteiger partial charge on any atom is -0.325 e. The summed E-state index contributed by atoms with van der Waals surface area (Å²) < 4.78 is 39.8. The highest BCUT2D eigenvalue weighted by Gasteiger charge is 2.31. The van der Waals surface area contributed by atoms with E-state index in [0.29, 0.717) is 5.52 Å². The topological polar surface area (TPSA) is 17.8 Å². The van der Waals surface area contributed by atoms with E-state index in [1.165, 1.54) is 6.07 Å². The molecule has 0 aliphatic carbocycles. The van der Waals surface area contributed by atoms with Gasteiger partial charge in [-0.05, 0) is 38.5 Å². The number of hydrogen-bond donors (Lipinski definition) is 0. The van der Waals surface area contributed by atoms with Gasteiger partial charge in [0.15, 0.2) is 0 Å². The molecule has 1 aromatic carbocycles. The Balaban J connectivity index is 2.62. The Labute approximate surface area is 103 Å². The van der Waals surface area contributed by atoms with Crippen LogP contribution >= 0.6 is 0 Å². The average Bonchev–Trinajstić information content (AvgIpc) is 2.61. The van der Waals surface area contributed by atoms with Crippen molar-refractivity contribution in [3.05, 3.63) is 29.6 Å². The Kier molecular flexibility index (Phi) is 3.09. The Morgan fingerprint density at radius 3 is 2.56 bits per heavy atom. The van der Waals surface area contributed by atoms with Gasteiger partial charge in [0.1, 0.15) is 5.82 Å². The molecule has 0 radical (unpaired) electrons. The molecular formula is C13H15F3N2. The zero-order valence-electron chi connectivity index (χ0n) is 10.5. The summed E-state index contributed by atoms with van der Waals surface area (Å²) in [7, 11) is 0. The second-order valence-electron chi connectivity index (χ2n) is 4.49. The Hall–Kier alpha value is -1.52. The SMILES string of the molecule is CCC(C)n1c(C)nc2cc(C(F)(F)F)ccc21. The van der Waals surface area contributed by atoms with Gasteiger partial charge >= 0.3 is 6.18 Å². The van der Waals surface area contributed by atoms with Gasteiger partial charge in [0.05, 0.1) is 16.6 Å². The molecule has 2 nitrogen and oxygen atoms in total. The van der Waals surface area contributed by atoms with Gasteiger partial charge in [-0.1, -0.05) is 6.92 Å². The number of aromatic nitrogens is 2. The van der Waals surface area contributed by atoms with Crippen molar-refractivity contribution in [3.63, 3.8) is 0 Å². The lowest BCUT2D eigenvalue weighted by Gasteiger charge is -2.14. The first-order valence-corrected chi connectivity index (χ1v) is 5.90. The van der Waals surface area contributed by atoms with Crippen molar-refractivity contribution < 1.29 is 13.2 Å². The maximum Gasteiger partial charge on any atom is 0.416 e. The first kappa shape index (κ1) is 12.9. The van der Waals surface area contributed by atoms with E-state index in [9.17, 15) is 13.2 Å². The smallest absolute Gasteiger partial charge is 0.325 e. The highest BCUT2D eigenvalue weighted by molar-refractivity contribution is 5.77. The highest BCUT2D eigenvalue weighted by Crippen LogP contribution is 2.32. The van der Waals surface area contributed by atoms with Crippen molar-refractivity contribution >= 4 is 11.0 Å². The van der Waals surface area contributed by atoms with E-state index >= 15 is 0 Å². The lowest BCUT2D eigenvalue weighted by molar-refractivity contribution is -0.137. The molecule has 0 bridgehead atoms. The molecule has 0 spiro atoms. The number of hydrogen-bond acceptors (Lipinski definition) is 1. The predicted molar refractivity (Wildman–Crippen MR) is 64.5 cm³/mol. The van der Waals surface area contributed by atoms with Gasteiger partial charge in [0, 0.05) is 6.04 Å². The molecule has 18 heavy (non-hydrogen) atoms. The molecule has 0 amide bonds. The van der Waals surface area contributed by atoms with Crippen LogP contribution in [0, 0.1) is 6.92 Å². The highest BCUT2D eigenvalue weighted by atomic mass is 19.4. The van der Waals surface area contributed by atoms with Crippen molar-refractivity contribution in [1.29, 1.82) is 0 Å². The molecule has 0 saturated carbocycles. The summed E-state index contributed by atoms with van der Waals surface area (Å²) in [5.41, 5.74) is 0.515. The van der Waals surface area contributed by atoms with Crippen LogP contribution < -0.4 is 0 Å². The number of aryl methyl sites for hydroxylation is 1. The van der Waals surface area contributed by atoms with Crippen LogP contribution in [-0.2, 0) is 6.18 Å². The molecule has 1 unspecified atom stereocenters. The Bertz CT molecular complexity index is 569. The van der Waals surface area contributed by atoms with Crippen molar-refractivity contribution in [3.8, 4) is 0 Å². The molecule has 98 valence electrons. The minimum atomic E-state index is -4.32. The van der Waals surface area contributed by atoms with Gasteiger partial charge in [0.25, 0.3) is 0 Å². The fourth-order valence-electron chi connectivity index (χ4n) is 2.13. The molecule has 2 rings (SSSR count). The van der Waals surface area contributed by atoms with Crippen LogP contribution in [0.1, 0.15) is 37.7 Å². The number of rotatable bonds is 2. The van der Waals surface area contributed by atoms with Crippen LogP contribution in [0.2, 0.25) is 0 Å². The fraction of sp³-hybridized carbons (Fsp3) is 0.462. The number of fused-ring (bicyclic) bond motifs is 1. The van der Waals surface area contributed by atoms with Crippen molar-refractivity contribution in [1.82, 2.24) is 9.55 Å². The number of benzene rings is 1. The van der Waals surface area contributed by atoms with Gasteiger partial charge < -0.3 is 4.57 Å². The summed E-state index contributed by atoms with van der Waals surface area (Å²) in [6, 6.07) is 3.96. The van der Waals surface area contributed by atoms with Crippen LogP contribution in [0.25, 0.3) is 11.0 Å². The second kappa shape index (κ2) is 4.30. The van der Waals surface area contributed by atoms with E-state index in [0.717, 1.165) is 29.9 Å². The van der Waals surface area contributed by atoms with Gasteiger partial charge in [-0.25, -0.2) is 4.98 Å². The van der Waals surface area contributed by atoms with E-state index in [-0.39, 0.29) is 6.04 Å². The number of imidazole rings is 1. The summed E-state index contributed by atoms with van der Waals surface area (Å²) in [5, 5.41) is 0. The molecule has 0 fully saturated rings. The van der Waals surface area contributed by atoms with Gasteiger partial charge in [0.2, 0.25) is 0 Å². The first-order chi connectivity index (χ1) is 8.34. The molecule has 5 heteroatoms. The first-order valence-electron chi connectivity index (χ1n) is 5.90. The van der Waals surface area contributed by atoms with Gasteiger partial charge in [-0.3, -0.25) is 0 Å². The molecule has 1 aromatic heterocycles. The van der Waals surface area contributed by atoms with E-state index in [4.69, 9.17) is 0 Å². The standard InChI is InChI=1S/C13H15F3N2/c1-4-8(2)18-9(3)17-11-7-10(13(14,15)16)5-6-12(11)18/h5-8H,4H2,1-3H3. The summed E-state index contributed by atoms with van der Waals surface area (Å²) in [4.78, 5) is 4.22. The molecule has 1 atom stereocenters. The van der Waals surface area contributed by atoms with Crippen LogP contribution in [0.5, 0.6) is 0 Å². The normalized spacial score (nSPS) is 14.1. The minimum absolute atomic E-state index is 0.228. The van der Waals surface area contributed by atoms with Gasteiger partial charge in [-0.2, -0.15) is 13.2 Å². The van der Waals surface area contributed by atoms with Crippen LogP contribution in [0.3, 0.4) is 0 Å². The van der Waals surface area contributed by atoms with Crippen molar-refractivity contribution in [2.24, 2.45) is 0 Å². The van der Waals surface area contributed by atoms with E-state index in [2.05, 4.69) is 4.98 Å². The molecule has 0 aliphatic heterocycles. The summed E-state index contributed by atoms with van der Waals surface area (Å²) in [5.74, 6) is 0.749. The maximum atomic E-state index is 12.6. The lowest BCUT2D eigenvalue weighted by atomic mass is 10.2. The largest absolute Gasteiger partial charge is 0.416 e. The van der Waals surface area contributed by atoms with Crippen molar-refractivity contribution in [2.75, 3.05) is 0 Å². The number of halogens is 3. The van der Waals surface area contributed by atoms with Crippen LogP contribution in [0.4, 0.5) is 13.2 Å². The zero-order chi connectivity index (χ0) is 13.5. The molecule has 0 saturated heterocycles. The molecular weight excluding hydrogens is 241 g/mol.